The van der Waals surface area contributed by atoms with Crippen LogP contribution in [0.3, 0.4) is 0 Å². The van der Waals surface area contributed by atoms with Gasteiger partial charge in [0.05, 0.1) is 11.6 Å². The maximum absolute atomic E-state index is 12.0. The van der Waals surface area contributed by atoms with E-state index in [9.17, 15) is 14.4 Å². The number of nitrogens with zero attached hydrogens (tertiary/aromatic N) is 2. The number of thiazole rings is 1. The average Bonchev–Trinajstić information content (AvgIpc) is 2.99. The maximum Gasteiger partial charge on any atom is 0.338 e. The van der Waals surface area contributed by atoms with Crippen molar-refractivity contribution < 1.29 is 19.1 Å². The minimum absolute atomic E-state index is 0.224. The monoisotopic (exact) mass is 328 g/mol. The number of aldehydes is 1. The van der Waals surface area contributed by atoms with Crippen molar-refractivity contribution in [2.45, 2.75) is 12.8 Å². The van der Waals surface area contributed by atoms with E-state index in [-0.39, 0.29) is 5.56 Å². The van der Waals surface area contributed by atoms with Gasteiger partial charge in [0.15, 0.2) is 18.3 Å². The van der Waals surface area contributed by atoms with Gasteiger partial charge in [-0.15, -0.1) is 11.3 Å². The average molecular weight is 328 g/mol. The number of Topliss-reactive ketones (excluding diaryl/α,β-unsaturated/α-hetero) is 1. The van der Waals surface area contributed by atoms with E-state index in [1.807, 2.05) is 6.07 Å². The zero-order valence-electron chi connectivity index (χ0n) is 12.2. The summed E-state index contributed by atoms with van der Waals surface area (Å²) in [5.41, 5.74) is 1.38. The fourth-order valence-electron chi connectivity index (χ4n) is 1.77. The number of hydrogen-bond acceptors (Lipinski definition) is 7. The van der Waals surface area contributed by atoms with Crippen LogP contribution < -0.4 is 0 Å². The Balaban J connectivity index is 1.98. The second-order valence-electron chi connectivity index (χ2n) is 4.67. The summed E-state index contributed by atoms with van der Waals surface area (Å²) >= 11 is 1.22. The summed E-state index contributed by atoms with van der Waals surface area (Å²) in [6.45, 7) is 1.26. The number of ketones is 1. The van der Waals surface area contributed by atoms with Gasteiger partial charge in [-0.05, 0) is 19.1 Å². The molecule has 1 heterocycles. The first-order valence-corrected chi connectivity index (χ1v) is 7.50. The molecule has 1 aromatic heterocycles. The molecule has 6 nitrogen and oxygen atoms in total. The van der Waals surface area contributed by atoms with Crippen molar-refractivity contribution in [3.05, 3.63) is 51.5 Å². The molecule has 116 valence electrons. The molecule has 0 bridgehead atoms. The van der Waals surface area contributed by atoms with E-state index >= 15 is 0 Å². The third kappa shape index (κ3) is 4.08. The summed E-state index contributed by atoms with van der Waals surface area (Å²) in [4.78, 5) is 38.5. The lowest BCUT2D eigenvalue weighted by Gasteiger charge is -2.07. The number of rotatable bonds is 6. The van der Waals surface area contributed by atoms with Crippen molar-refractivity contribution in [3.63, 3.8) is 0 Å². The third-order valence-corrected chi connectivity index (χ3v) is 3.99. The summed E-state index contributed by atoms with van der Waals surface area (Å²) in [5.74, 6) is -2.26. The minimum Gasteiger partial charge on any atom is -0.454 e. The van der Waals surface area contributed by atoms with Gasteiger partial charge in [0.2, 0.25) is 0 Å². The van der Waals surface area contributed by atoms with E-state index in [2.05, 4.69) is 4.98 Å². The number of esters is 1. The molecule has 0 N–H and O–H groups in total. The van der Waals surface area contributed by atoms with Crippen molar-refractivity contribution in [2.24, 2.45) is 0 Å². The standard InChI is InChI=1S/C16H12N2O4S/c1-10-9-23-15(18-10)13(6-17)14(20)8-22-16(21)12-4-2-11(7-19)3-5-12/h2-5,7,9,13H,8H2,1H3/t13-/m1/s1. The van der Waals surface area contributed by atoms with Crippen LogP contribution in [0.2, 0.25) is 0 Å². The molecule has 2 rings (SSSR count). The molecule has 0 aliphatic rings. The van der Waals surface area contributed by atoms with Crippen LogP contribution in [0.1, 0.15) is 37.3 Å². The van der Waals surface area contributed by atoms with Crippen LogP contribution in [0.4, 0.5) is 0 Å². The highest BCUT2D eigenvalue weighted by atomic mass is 32.1. The van der Waals surface area contributed by atoms with Crippen LogP contribution in [-0.2, 0) is 9.53 Å². The Bertz CT molecular complexity index is 774. The molecule has 0 spiro atoms. The first-order valence-electron chi connectivity index (χ1n) is 6.62. The van der Waals surface area contributed by atoms with Gasteiger partial charge in [0, 0.05) is 16.6 Å². The lowest BCUT2D eigenvalue weighted by Crippen LogP contribution is -2.20. The fraction of sp³-hybridized carbons (Fsp3) is 0.188. The molecule has 23 heavy (non-hydrogen) atoms. The normalized spacial score (nSPS) is 11.3. The van der Waals surface area contributed by atoms with Crippen molar-refractivity contribution in [3.8, 4) is 6.07 Å². The summed E-state index contributed by atoms with van der Waals surface area (Å²) in [5, 5.41) is 11.3. The molecule has 1 aromatic carbocycles. The SMILES string of the molecule is Cc1csc([C@H](C#N)C(=O)COC(=O)c2ccc(C=O)cc2)n1. The Hall–Kier alpha value is -2.85. The summed E-state index contributed by atoms with van der Waals surface area (Å²) < 4.78 is 4.92. The number of hydrogen-bond donors (Lipinski definition) is 0. The third-order valence-electron chi connectivity index (χ3n) is 2.96. The number of aryl methyl sites for hydroxylation is 1. The van der Waals surface area contributed by atoms with Crippen LogP contribution in [0.15, 0.2) is 29.6 Å². The fourth-order valence-corrected chi connectivity index (χ4v) is 2.63. The molecule has 0 fully saturated rings. The van der Waals surface area contributed by atoms with E-state index in [0.717, 1.165) is 5.69 Å². The smallest absolute Gasteiger partial charge is 0.338 e. The number of aromatic nitrogens is 1. The zero-order valence-corrected chi connectivity index (χ0v) is 13.0. The van der Waals surface area contributed by atoms with Gasteiger partial charge < -0.3 is 4.74 Å². The molecular weight excluding hydrogens is 316 g/mol. The quantitative estimate of drug-likeness (QED) is 0.596. The van der Waals surface area contributed by atoms with Gasteiger partial charge in [-0.1, -0.05) is 12.1 Å². The van der Waals surface area contributed by atoms with Crippen molar-refractivity contribution in [2.75, 3.05) is 6.61 Å². The molecule has 0 radical (unpaired) electrons. The Morgan fingerprint density at radius 2 is 2.09 bits per heavy atom. The van der Waals surface area contributed by atoms with Gasteiger partial charge in [-0.3, -0.25) is 9.59 Å². The zero-order chi connectivity index (χ0) is 16.8. The van der Waals surface area contributed by atoms with Crippen LogP contribution in [0, 0.1) is 18.3 Å². The van der Waals surface area contributed by atoms with E-state index in [1.165, 1.54) is 35.6 Å². The maximum atomic E-state index is 12.0. The Kier molecular flexibility index (Phi) is 5.33. The molecule has 0 aliphatic carbocycles. The number of carbonyl (C=O) groups excluding carboxylic acids is 3. The van der Waals surface area contributed by atoms with E-state index < -0.39 is 24.3 Å². The second kappa shape index (κ2) is 7.42. The predicted octanol–water partition coefficient (Wildman–Crippen LogP) is 2.30. The molecular formula is C16H12N2O4S. The first kappa shape index (κ1) is 16.5. The van der Waals surface area contributed by atoms with Crippen LogP contribution in [-0.4, -0.2) is 29.6 Å². The summed E-state index contributed by atoms with van der Waals surface area (Å²) in [6.07, 6.45) is 0.659. The lowest BCUT2D eigenvalue weighted by atomic mass is 10.1. The topological polar surface area (TPSA) is 97.1 Å². The molecule has 0 unspecified atom stereocenters. The van der Waals surface area contributed by atoms with Crippen molar-refractivity contribution in [1.29, 1.82) is 5.26 Å². The predicted molar refractivity (Wildman–Crippen MR) is 82.3 cm³/mol. The Labute approximate surface area is 136 Å². The van der Waals surface area contributed by atoms with E-state index in [0.29, 0.717) is 16.9 Å². The van der Waals surface area contributed by atoms with Gasteiger partial charge in [0.1, 0.15) is 11.3 Å². The van der Waals surface area contributed by atoms with Gasteiger partial charge >= 0.3 is 5.97 Å². The highest BCUT2D eigenvalue weighted by molar-refractivity contribution is 7.09. The van der Waals surface area contributed by atoms with Gasteiger partial charge in [0.25, 0.3) is 0 Å². The largest absolute Gasteiger partial charge is 0.454 e. The van der Waals surface area contributed by atoms with Gasteiger partial charge in [-0.25, -0.2) is 9.78 Å². The van der Waals surface area contributed by atoms with Crippen LogP contribution >= 0.6 is 11.3 Å². The molecule has 7 heteroatoms. The molecule has 0 saturated heterocycles. The highest BCUT2D eigenvalue weighted by Crippen LogP contribution is 2.20. The Morgan fingerprint density at radius 1 is 1.39 bits per heavy atom. The van der Waals surface area contributed by atoms with Crippen molar-refractivity contribution >= 4 is 29.4 Å². The molecule has 2 aromatic rings. The highest BCUT2D eigenvalue weighted by Gasteiger charge is 2.24. The number of benzene rings is 1. The molecule has 0 aliphatic heterocycles. The molecule has 0 amide bonds. The van der Waals surface area contributed by atoms with E-state index in [1.54, 1.807) is 12.3 Å². The lowest BCUT2D eigenvalue weighted by molar-refractivity contribution is -0.122. The Morgan fingerprint density at radius 3 is 2.61 bits per heavy atom. The summed E-state index contributed by atoms with van der Waals surface area (Å²) in [7, 11) is 0. The van der Waals surface area contributed by atoms with Crippen LogP contribution in [0.5, 0.6) is 0 Å². The second-order valence-corrected chi connectivity index (χ2v) is 5.56. The number of carbonyl (C=O) groups is 3. The molecule has 1 atom stereocenters. The summed E-state index contributed by atoms with van der Waals surface area (Å²) in [6, 6.07) is 7.69. The van der Waals surface area contributed by atoms with E-state index in [4.69, 9.17) is 10.00 Å². The van der Waals surface area contributed by atoms with Gasteiger partial charge in [-0.2, -0.15) is 5.26 Å². The van der Waals surface area contributed by atoms with Crippen LogP contribution in [0.25, 0.3) is 0 Å². The van der Waals surface area contributed by atoms with Crippen molar-refractivity contribution in [1.82, 2.24) is 4.98 Å². The minimum atomic E-state index is -1.04. The number of nitriles is 1. The number of ether oxygens (including phenoxy) is 1. The molecule has 0 saturated carbocycles. The first-order chi connectivity index (χ1) is 11.0.